The number of nitrogen functional groups attached to an aromatic ring is 1. The van der Waals surface area contributed by atoms with Crippen LogP contribution in [0.15, 0.2) is 18.2 Å². The normalized spacial score (nSPS) is 19.0. The van der Waals surface area contributed by atoms with Crippen LogP contribution < -0.4 is 11.1 Å². The van der Waals surface area contributed by atoms with Gasteiger partial charge < -0.3 is 20.7 Å². The molecule has 20 heavy (non-hydrogen) atoms. The number of esters is 1. The Morgan fingerprint density at radius 3 is 3.00 bits per heavy atom. The Labute approximate surface area is 120 Å². The summed E-state index contributed by atoms with van der Waals surface area (Å²) in [6.45, 7) is 5.19. The van der Waals surface area contributed by atoms with Gasteiger partial charge in [-0.2, -0.15) is 0 Å². The van der Waals surface area contributed by atoms with E-state index in [-0.39, 0.29) is 5.97 Å². The smallest absolute Gasteiger partial charge is 0.340 e. The first-order valence-corrected chi connectivity index (χ1v) is 7.09. The molecule has 1 saturated heterocycles. The van der Waals surface area contributed by atoms with Crippen molar-refractivity contribution >= 4 is 17.3 Å². The molecule has 1 fully saturated rings. The molecule has 5 nitrogen and oxygen atoms in total. The zero-order valence-electron chi connectivity index (χ0n) is 12.2. The second-order valence-corrected chi connectivity index (χ2v) is 5.29. The molecule has 1 aliphatic rings. The summed E-state index contributed by atoms with van der Waals surface area (Å²) in [6.07, 6.45) is 1.17. The molecule has 0 bridgehead atoms. The first kappa shape index (κ1) is 14.7. The number of ether oxygens (including phenoxy) is 1. The van der Waals surface area contributed by atoms with Crippen LogP contribution in [0, 0.1) is 5.92 Å². The molecule has 0 spiro atoms. The van der Waals surface area contributed by atoms with Crippen LogP contribution in [0.5, 0.6) is 0 Å². The third-order valence-corrected chi connectivity index (χ3v) is 3.65. The predicted molar refractivity (Wildman–Crippen MR) is 80.9 cm³/mol. The molecule has 1 atom stereocenters. The number of likely N-dealkylation sites (tertiary alicyclic amines) is 1. The summed E-state index contributed by atoms with van der Waals surface area (Å²) in [4.78, 5) is 14.3. The second-order valence-electron chi connectivity index (χ2n) is 5.29. The number of benzene rings is 1. The maximum atomic E-state index is 11.9. The number of rotatable bonds is 5. The van der Waals surface area contributed by atoms with E-state index in [4.69, 9.17) is 10.5 Å². The van der Waals surface area contributed by atoms with E-state index in [1.54, 1.807) is 25.1 Å². The molecule has 0 aromatic heterocycles. The largest absolute Gasteiger partial charge is 0.462 e. The maximum absolute atomic E-state index is 11.9. The van der Waals surface area contributed by atoms with Gasteiger partial charge in [-0.25, -0.2) is 4.79 Å². The molecule has 1 aliphatic heterocycles. The Balaban J connectivity index is 2.07. The summed E-state index contributed by atoms with van der Waals surface area (Å²) in [5.41, 5.74) is 7.78. The van der Waals surface area contributed by atoms with Gasteiger partial charge in [0.1, 0.15) is 0 Å². The number of nitrogens with one attached hydrogen (secondary N) is 1. The SMILES string of the molecule is CCOC(=O)c1cccc(N)c1NCC1CCN(C)C1. The zero-order valence-corrected chi connectivity index (χ0v) is 12.2. The predicted octanol–water partition coefficient (Wildman–Crippen LogP) is 1.81. The molecular formula is C15H23N3O2. The van der Waals surface area contributed by atoms with Gasteiger partial charge in [-0.05, 0) is 45.0 Å². The fourth-order valence-corrected chi connectivity index (χ4v) is 2.59. The van der Waals surface area contributed by atoms with Crippen molar-refractivity contribution in [3.8, 4) is 0 Å². The van der Waals surface area contributed by atoms with Crippen molar-refractivity contribution in [2.45, 2.75) is 13.3 Å². The molecule has 1 aromatic rings. The maximum Gasteiger partial charge on any atom is 0.340 e. The molecule has 0 saturated carbocycles. The third-order valence-electron chi connectivity index (χ3n) is 3.65. The Kier molecular flexibility index (Phi) is 4.84. The first-order chi connectivity index (χ1) is 9.61. The lowest BCUT2D eigenvalue weighted by molar-refractivity contribution is 0.0527. The van der Waals surface area contributed by atoms with Crippen molar-refractivity contribution in [3.63, 3.8) is 0 Å². The fraction of sp³-hybridized carbons (Fsp3) is 0.533. The molecule has 5 heteroatoms. The lowest BCUT2D eigenvalue weighted by Crippen LogP contribution is -2.20. The second kappa shape index (κ2) is 6.61. The van der Waals surface area contributed by atoms with Crippen molar-refractivity contribution in [3.05, 3.63) is 23.8 Å². The minimum Gasteiger partial charge on any atom is -0.462 e. The van der Waals surface area contributed by atoms with E-state index >= 15 is 0 Å². The molecule has 0 aliphatic carbocycles. The number of carbonyl (C=O) groups is 1. The first-order valence-electron chi connectivity index (χ1n) is 7.09. The average molecular weight is 277 g/mol. The molecule has 110 valence electrons. The fourth-order valence-electron chi connectivity index (χ4n) is 2.59. The summed E-state index contributed by atoms with van der Waals surface area (Å²) >= 11 is 0. The van der Waals surface area contributed by atoms with Crippen LogP contribution in [0.3, 0.4) is 0 Å². The Morgan fingerprint density at radius 1 is 1.55 bits per heavy atom. The van der Waals surface area contributed by atoms with Crippen LogP contribution in [0.4, 0.5) is 11.4 Å². The van der Waals surface area contributed by atoms with Crippen molar-refractivity contribution in [2.24, 2.45) is 5.92 Å². The van der Waals surface area contributed by atoms with Gasteiger partial charge in [-0.1, -0.05) is 6.07 Å². The van der Waals surface area contributed by atoms with Gasteiger partial charge in [-0.3, -0.25) is 0 Å². The quantitative estimate of drug-likeness (QED) is 0.634. The number of nitrogens with two attached hydrogens (primary N) is 1. The minimum absolute atomic E-state index is 0.328. The van der Waals surface area contributed by atoms with Gasteiger partial charge in [0.25, 0.3) is 0 Å². The van der Waals surface area contributed by atoms with Crippen molar-refractivity contribution < 1.29 is 9.53 Å². The summed E-state index contributed by atoms with van der Waals surface area (Å²) in [5, 5.41) is 3.33. The highest BCUT2D eigenvalue weighted by molar-refractivity contribution is 5.98. The number of carbonyl (C=O) groups excluding carboxylic acids is 1. The third kappa shape index (κ3) is 3.42. The van der Waals surface area contributed by atoms with Gasteiger partial charge in [0, 0.05) is 13.1 Å². The van der Waals surface area contributed by atoms with Crippen molar-refractivity contribution in [2.75, 3.05) is 44.3 Å². The molecule has 0 amide bonds. The minimum atomic E-state index is -0.328. The van der Waals surface area contributed by atoms with E-state index in [0.29, 0.717) is 29.5 Å². The molecule has 3 N–H and O–H groups in total. The van der Waals surface area contributed by atoms with E-state index in [1.807, 2.05) is 0 Å². The van der Waals surface area contributed by atoms with E-state index in [2.05, 4.69) is 17.3 Å². The Morgan fingerprint density at radius 2 is 2.35 bits per heavy atom. The van der Waals surface area contributed by atoms with Crippen LogP contribution in [-0.2, 0) is 4.74 Å². The molecule has 1 unspecified atom stereocenters. The lowest BCUT2D eigenvalue weighted by atomic mass is 10.1. The van der Waals surface area contributed by atoms with E-state index in [9.17, 15) is 4.79 Å². The van der Waals surface area contributed by atoms with Crippen LogP contribution in [0.1, 0.15) is 23.7 Å². The molecule has 1 aromatic carbocycles. The molecule has 0 radical (unpaired) electrons. The van der Waals surface area contributed by atoms with Crippen molar-refractivity contribution in [1.82, 2.24) is 4.90 Å². The van der Waals surface area contributed by atoms with E-state index < -0.39 is 0 Å². The number of anilines is 2. The molecule has 2 rings (SSSR count). The summed E-state index contributed by atoms with van der Waals surface area (Å²) in [5.74, 6) is 0.264. The van der Waals surface area contributed by atoms with E-state index in [0.717, 1.165) is 19.6 Å². The van der Waals surface area contributed by atoms with Gasteiger partial charge in [0.05, 0.1) is 23.5 Å². The van der Waals surface area contributed by atoms with Crippen LogP contribution >= 0.6 is 0 Å². The van der Waals surface area contributed by atoms with Gasteiger partial charge in [0.2, 0.25) is 0 Å². The summed E-state index contributed by atoms with van der Waals surface area (Å²) < 4.78 is 5.07. The highest BCUT2D eigenvalue weighted by atomic mass is 16.5. The standard InChI is InChI=1S/C15H23N3O2/c1-3-20-15(19)12-5-4-6-13(16)14(12)17-9-11-7-8-18(2)10-11/h4-6,11,17H,3,7-10,16H2,1-2H3. The Hall–Kier alpha value is -1.75. The van der Waals surface area contributed by atoms with Crippen molar-refractivity contribution in [1.29, 1.82) is 0 Å². The van der Waals surface area contributed by atoms with Gasteiger partial charge in [-0.15, -0.1) is 0 Å². The lowest BCUT2D eigenvalue weighted by Gasteiger charge is -2.16. The number of hydrogen-bond donors (Lipinski definition) is 2. The number of nitrogens with zero attached hydrogens (tertiary/aromatic N) is 1. The monoisotopic (exact) mass is 277 g/mol. The molecule has 1 heterocycles. The zero-order chi connectivity index (χ0) is 14.5. The summed E-state index contributed by atoms with van der Waals surface area (Å²) in [6, 6.07) is 5.32. The van der Waals surface area contributed by atoms with E-state index in [1.165, 1.54) is 6.42 Å². The van der Waals surface area contributed by atoms with Gasteiger partial charge in [0.15, 0.2) is 0 Å². The summed E-state index contributed by atoms with van der Waals surface area (Å²) in [7, 11) is 2.13. The van der Waals surface area contributed by atoms with Gasteiger partial charge >= 0.3 is 5.97 Å². The van der Waals surface area contributed by atoms with Crippen LogP contribution in [0.25, 0.3) is 0 Å². The highest BCUT2D eigenvalue weighted by Crippen LogP contribution is 2.25. The van der Waals surface area contributed by atoms with Crippen LogP contribution in [-0.4, -0.2) is 44.2 Å². The topological polar surface area (TPSA) is 67.6 Å². The van der Waals surface area contributed by atoms with Crippen LogP contribution in [0.2, 0.25) is 0 Å². The average Bonchev–Trinajstić information content (AvgIpc) is 2.83. The number of para-hydroxylation sites is 1. The Bertz CT molecular complexity index is 476. The molecular weight excluding hydrogens is 254 g/mol. The highest BCUT2D eigenvalue weighted by Gasteiger charge is 2.21. The number of hydrogen-bond acceptors (Lipinski definition) is 5.